The Morgan fingerprint density at radius 2 is 1.94 bits per heavy atom. The molecule has 0 radical (unpaired) electrons. The van der Waals surface area contributed by atoms with Gasteiger partial charge in [-0.1, -0.05) is 6.58 Å². The zero-order valence-electron chi connectivity index (χ0n) is 9.86. The van der Waals surface area contributed by atoms with Crippen LogP contribution in [0.2, 0.25) is 0 Å². The van der Waals surface area contributed by atoms with Crippen LogP contribution in [0.15, 0.2) is 36.6 Å². The molecule has 1 aliphatic heterocycles. The zero-order chi connectivity index (χ0) is 11.5. The summed E-state index contributed by atoms with van der Waals surface area (Å²) in [5, 5.41) is 0. The molecule has 0 aromatic heterocycles. The normalized spacial score (nSPS) is 13.2. The Balaban J connectivity index is 2.35. The van der Waals surface area contributed by atoms with Crippen molar-refractivity contribution in [2.75, 3.05) is 18.0 Å². The zero-order valence-corrected chi connectivity index (χ0v) is 9.86. The number of nitrogens with zero attached hydrogens (tertiary/aromatic N) is 1. The number of benzene rings is 1. The van der Waals surface area contributed by atoms with Crippen LogP contribution in [0.25, 0.3) is 6.08 Å². The van der Waals surface area contributed by atoms with Gasteiger partial charge >= 0.3 is 0 Å². The highest BCUT2D eigenvalue weighted by atomic mass is 16.5. The molecule has 1 heterocycles. The third-order valence-corrected chi connectivity index (χ3v) is 2.82. The molecule has 0 amide bonds. The summed E-state index contributed by atoms with van der Waals surface area (Å²) in [7, 11) is 0. The number of hydrogen-bond acceptors (Lipinski definition) is 2. The number of rotatable bonds is 3. The standard InChI is InChI=1S/C14H17NO/c1-4-15(5-2)13-9-8-12-7-6-11(3)16-14(12)10-13/h6-10H,3-5H2,1-2H3. The van der Waals surface area contributed by atoms with Gasteiger partial charge in [0.25, 0.3) is 0 Å². The van der Waals surface area contributed by atoms with E-state index < -0.39 is 0 Å². The molecule has 0 saturated heterocycles. The Bertz CT molecular complexity index is 430. The number of allylic oxidation sites excluding steroid dienone is 1. The molecule has 0 atom stereocenters. The first-order valence-electron chi connectivity index (χ1n) is 5.68. The second-order valence-corrected chi connectivity index (χ2v) is 3.80. The molecular formula is C14H17NO. The summed E-state index contributed by atoms with van der Waals surface area (Å²) in [4.78, 5) is 2.30. The van der Waals surface area contributed by atoms with Crippen LogP contribution < -0.4 is 9.64 Å². The largest absolute Gasteiger partial charge is 0.457 e. The molecule has 0 spiro atoms. The minimum absolute atomic E-state index is 0.698. The van der Waals surface area contributed by atoms with Gasteiger partial charge in [-0.05, 0) is 38.1 Å². The number of anilines is 1. The van der Waals surface area contributed by atoms with Crippen LogP contribution in [0.1, 0.15) is 19.4 Å². The van der Waals surface area contributed by atoms with E-state index >= 15 is 0 Å². The molecule has 0 unspecified atom stereocenters. The molecule has 2 rings (SSSR count). The van der Waals surface area contributed by atoms with Crippen molar-refractivity contribution >= 4 is 11.8 Å². The van der Waals surface area contributed by atoms with Crippen molar-refractivity contribution in [2.24, 2.45) is 0 Å². The first kappa shape index (κ1) is 10.8. The van der Waals surface area contributed by atoms with E-state index in [9.17, 15) is 0 Å². The maximum absolute atomic E-state index is 5.60. The third-order valence-electron chi connectivity index (χ3n) is 2.82. The monoisotopic (exact) mass is 215 g/mol. The lowest BCUT2D eigenvalue weighted by atomic mass is 10.1. The summed E-state index contributed by atoms with van der Waals surface area (Å²) in [6.07, 6.45) is 3.92. The molecule has 2 nitrogen and oxygen atoms in total. The minimum atomic E-state index is 0.698. The summed E-state index contributed by atoms with van der Waals surface area (Å²) in [5.74, 6) is 1.60. The molecule has 0 aliphatic carbocycles. The number of fused-ring (bicyclic) bond motifs is 1. The van der Waals surface area contributed by atoms with E-state index in [1.807, 2.05) is 12.2 Å². The maximum Gasteiger partial charge on any atom is 0.136 e. The second-order valence-electron chi connectivity index (χ2n) is 3.80. The molecule has 1 aromatic carbocycles. The van der Waals surface area contributed by atoms with Gasteiger partial charge in [0.2, 0.25) is 0 Å². The molecule has 1 aliphatic rings. The lowest BCUT2D eigenvalue weighted by Gasteiger charge is -2.23. The summed E-state index contributed by atoms with van der Waals surface area (Å²) in [6.45, 7) is 10.1. The number of hydrogen-bond donors (Lipinski definition) is 0. The Kier molecular flexibility index (Phi) is 3.00. The molecule has 84 valence electrons. The van der Waals surface area contributed by atoms with Crippen molar-refractivity contribution in [2.45, 2.75) is 13.8 Å². The molecule has 1 aromatic rings. The quantitative estimate of drug-likeness (QED) is 0.765. The lowest BCUT2D eigenvalue weighted by Crippen LogP contribution is -2.21. The average Bonchev–Trinajstić information content (AvgIpc) is 2.30. The van der Waals surface area contributed by atoms with Crippen molar-refractivity contribution in [3.63, 3.8) is 0 Å². The van der Waals surface area contributed by atoms with Crippen molar-refractivity contribution in [3.05, 3.63) is 42.2 Å². The van der Waals surface area contributed by atoms with Gasteiger partial charge in [0, 0.05) is 30.4 Å². The van der Waals surface area contributed by atoms with Gasteiger partial charge in [0.1, 0.15) is 11.5 Å². The Morgan fingerprint density at radius 1 is 1.19 bits per heavy atom. The Hall–Kier alpha value is -1.70. The molecule has 0 bridgehead atoms. The van der Waals surface area contributed by atoms with Gasteiger partial charge < -0.3 is 9.64 Å². The van der Waals surface area contributed by atoms with E-state index in [2.05, 4.69) is 43.5 Å². The third kappa shape index (κ3) is 1.96. The first-order valence-corrected chi connectivity index (χ1v) is 5.68. The molecule has 0 fully saturated rings. The van der Waals surface area contributed by atoms with Crippen molar-refractivity contribution < 1.29 is 4.74 Å². The summed E-state index contributed by atoms with van der Waals surface area (Å²) >= 11 is 0. The SMILES string of the molecule is C=C1C=Cc2ccc(N(CC)CC)cc2O1. The van der Waals surface area contributed by atoms with Crippen LogP contribution in [0, 0.1) is 0 Å². The molecule has 2 heteroatoms. The minimum Gasteiger partial charge on any atom is -0.457 e. The Labute approximate surface area is 96.8 Å². The highest BCUT2D eigenvalue weighted by molar-refractivity contribution is 5.67. The van der Waals surface area contributed by atoms with Crippen LogP contribution in [0.5, 0.6) is 5.75 Å². The summed E-state index contributed by atoms with van der Waals surface area (Å²) in [6, 6.07) is 6.30. The van der Waals surface area contributed by atoms with Gasteiger partial charge in [0.15, 0.2) is 0 Å². The van der Waals surface area contributed by atoms with E-state index in [-0.39, 0.29) is 0 Å². The van der Waals surface area contributed by atoms with Crippen molar-refractivity contribution in [1.29, 1.82) is 0 Å². The summed E-state index contributed by atoms with van der Waals surface area (Å²) in [5.41, 5.74) is 2.31. The number of ether oxygens (including phenoxy) is 1. The van der Waals surface area contributed by atoms with Gasteiger partial charge in [0.05, 0.1) is 0 Å². The highest BCUT2D eigenvalue weighted by Crippen LogP contribution is 2.31. The van der Waals surface area contributed by atoms with Gasteiger partial charge in [-0.25, -0.2) is 0 Å². The van der Waals surface area contributed by atoms with Crippen molar-refractivity contribution in [3.8, 4) is 5.75 Å². The van der Waals surface area contributed by atoms with Gasteiger partial charge in [-0.3, -0.25) is 0 Å². The second kappa shape index (κ2) is 4.44. The van der Waals surface area contributed by atoms with Crippen LogP contribution in [-0.2, 0) is 0 Å². The summed E-state index contributed by atoms with van der Waals surface area (Å²) < 4.78 is 5.60. The van der Waals surface area contributed by atoms with Crippen molar-refractivity contribution in [1.82, 2.24) is 0 Å². The lowest BCUT2D eigenvalue weighted by molar-refractivity contribution is 0.442. The van der Waals surface area contributed by atoms with Crippen LogP contribution in [-0.4, -0.2) is 13.1 Å². The van der Waals surface area contributed by atoms with E-state index in [1.54, 1.807) is 0 Å². The topological polar surface area (TPSA) is 12.5 Å². The molecular weight excluding hydrogens is 198 g/mol. The van der Waals surface area contributed by atoms with E-state index in [1.165, 1.54) is 5.69 Å². The molecule has 0 saturated carbocycles. The fourth-order valence-electron chi connectivity index (χ4n) is 1.89. The fraction of sp³-hybridized carbons (Fsp3) is 0.286. The average molecular weight is 215 g/mol. The van der Waals surface area contributed by atoms with Crippen LogP contribution >= 0.6 is 0 Å². The van der Waals surface area contributed by atoms with Crippen LogP contribution in [0.4, 0.5) is 5.69 Å². The van der Waals surface area contributed by atoms with E-state index in [0.717, 1.165) is 24.4 Å². The molecule has 0 N–H and O–H groups in total. The highest BCUT2D eigenvalue weighted by Gasteiger charge is 2.10. The smallest absolute Gasteiger partial charge is 0.136 e. The fourth-order valence-corrected chi connectivity index (χ4v) is 1.89. The maximum atomic E-state index is 5.60. The Morgan fingerprint density at radius 3 is 2.62 bits per heavy atom. The van der Waals surface area contributed by atoms with Gasteiger partial charge in [-0.15, -0.1) is 0 Å². The van der Waals surface area contributed by atoms with Crippen LogP contribution in [0.3, 0.4) is 0 Å². The predicted octanol–water partition coefficient (Wildman–Crippen LogP) is 3.45. The predicted molar refractivity (Wildman–Crippen MR) is 68.8 cm³/mol. The van der Waals surface area contributed by atoms with E-state index in [0.29, 0.717) is 5.76 Å². The molecule has 16 heavy (non-hydrogen) atoms. The van der Waals surface area contributed by atoms with Gasteiger partial charge in [-0.2, -0.15) is 0 Å². The first-order chi connectivity index (χ1) is 7.74. The van der Waals surface area contributed by atoms with E-state index in [4.69, 9.17) is 4.74 Å².